The first-order valence-corrected chi connectivity index (χ1v) is 7.56. The number of halogens is 2. The molecule has 1 amide bonds. The van der Waals surface area contributed by atoms with Crippen LogP contribution in [0, 0.1) is 0 Å². The molecule has 0 saturated carbocycles. The summed E-state index contributed by atoms with van der Waals surface area (Å²) in [5.41, 5.74) is 0.923. The second-order valence-corrected chi connectivity index (χ2v) is 5.58. The van der Waals surface area contributed by atoms with Crippen LogP contribution < -0.4 is 14.8 Å². The molecule has 0 radical (unpaired) electrons. The molecule has 114 valence electrons. The second kappa shape index (κ2) is 6.46. The highest BCUT2D eigenvalue weighted by Gasteiger charge is 2.18. The van der Waals surface area contributed by atoms with Crippen LogP contribution in [0.3, 0.4) is 0 Å². The summed E-state index contributed by atoms with van der Waals surface area (Å²) in [6.07, 6.45) is 0.770. The summed E-state index contributed by atoms with van der Waals surface area (Å²) < 4.78 is 11.1. The number of hydrogen-bond donors (Lipinski definition) is 1. The number of nitrogens with one attached hydrogen (secondary N) is 1. The fourth-order valence-corrected chi connectivity index (χ4v) is 2.57. The van der Waals surface area contributed by atoms with E-state index in [-0.39, 0.29) is 5.91 Å². The number of anilines is 1. The van der Waals surface area contributed by atoms with Crippen molar-refractivity contribution < 1.29 is 14.3 Å². The first-order valence-electron chi connectivity index (χ1n) is 6.80. The van der Waals surface area contributed by atoms with Gasteiger partial charge in [0.2, 0.25) is 0 Å². The first-order chi connectivity index (χ1) is 10.6. The summed E-state index contributed by atoms with van der Waals surface area (Å²) in [6, 6.07) is 10.2. The maximum absolute atomic E-state index is 12.4. The summed E-state index contributed by atoms with van der Waals surface area (Å²) in [5, 5.41) is 3.57. The third kappa shape index (κ3) is 3.13. The van der Waals surface area contributed by atoms with Gasteiger partial charge in [0.15, 0.2) is 11.5 Å². The fraction of sp³-hybridized carbons (Fsp3) is 0.188. The van der Waals surface area contributed by atoms with Gasteiger partial charge in [-0.2, -0.15) is 0 Å². The van der Waals surface area contributed by atoms with Gasteiger partial charge < -0.3 is 14.8 Å². The molecule has 3 rings (SSSR count). The van der Waals surface area contributed by atoms with E-state index in [0.29, 0.717) is 46.0 Å². The van der Waals surface area contributed by atoms with Crippen LogP contribution in [0.4, 0.5) is 5.69 Å². The highest BCUT2D eigenvalue weighted by molar-refractivity contribution is 6.34. The van der Waals surface area contributed by atoms with Gasteiger partial charge in [-0.05, 0) is 24.3 Å². The van der Waals surface area contributed by atoms with Crippen molar-refractivity contribution in [2.45, 2.75) is 6.42 Å². The highest BCUT2D eigenvalue weighted by atomic mass is 35.5. The average molecular weight is 338 g/mol. The summed E-state index contributed by atoms with van der Waals surface area (Å²) in [4.78, 5) is 12.4. The molecule has 4 nitrogen and oxygen atoms in total. The van der Waals surface area contributed by atoms with Crippen LogP contribution in [0.5, 0.6) is 11.5 Å². The summed E-state index contributed by atoms with van der Waals surface area (Å²) >= 11 is 12.2. The topological polar surface area (TPSA) is 47.6 Å². The van der Waals surface area contributed by atoms with E-state index in [9.17, 15) is 4.79 Å². The van der Waals surface area contributed by atoms with E-state index in [1.54, 1.807) is 36.4 Å². The molecule has 0 aliphatic carbocycles. The molecule has 0 aromatic heterocycles. The van der Waals surface area contributed by atoms with Crippen molar-refractivity contribution in [1.29, 1.82) is 0 Å². The van der Waals surface area contributed by atoms with Gasteiger partial charge in [0.05, 0.1) is 28.9 Å². The van der Waals surface area contributed by atoms with Crippen molar-refractivity contribution in [3.63, 3.8) is 0 Å². The number of para-hydroxylation sites is 1. The summed E-state index contributed by atoms with van der Waals surface area (Å²) in [5.74, 6) is 0.647. The van der Waals surface area contributed by atoms with Crippen LogP contribution in [0.15, 0.2) is 36.4 Å². The van der Waals surface area contributed by atoms with E-state index in [4.69, 9.17) is 32.7 Å². The first kappa shape index (κ1) is 15.0. The van der Waals surface area contributed by atoms with Crippen molar-refractivity contribution in [2.24, 2.45) is 0 Å². The molecular formula is C16H13Cl2NO3. The van der Waals surface area contributed by atoms with Gasteiger partial charge in [-0.15, -0.1) is 0 Å². The van der Waals surface area contributed by atoms with Crippen LogP contribution >= 0.6 is 23.2 Å². The summed E-state index contributed by atoms with van der Waals surface area (Å²) in [7, 11) is 0. The molecule has 0 fully saturated rings. The van der Waals surface area contributed by atoms with Crippen LogP contribution in [0.1, 0.15) is 16.8 Å². The minimum Gasteiger partial charge on any atom is -0.489 e. The maximum atomic E-state index is 12.4. The van der Waals surface area contributed by atoms with Gasteiger partial charge in [-0.3, -0.25) is 4.79 Å². The number of fused-ring (bicyclic) bond motifs is 1. The Hall–Kier alpha value is -1.91. The Bertz CT molecular complexity index is 719. The van der Waals surface area contributed by atoms with Crippen molar-refractivity contribution in [3.8, 4) is 11.5 Å². The van der Waals surface area contributed by atoms with Gasteiger partial charge in [0, 0.05) is 12.0 Å². The zero-order chi connectivity index (χ0) is 15.5. The number of benzene rings is 2. The number of hydrogen-bond acceptors (Lipinski definition) is 3. The normalized spacial score (nSPS) is 13.4. The Kier molecular flexibility index (Phi) is 4.41. The lowest BCUT2D eigenvalue weighted by Gasteiger charge is -2.12. The Balaban J connectivity index is 1.88. The van der Waals surface area contributed by atoms with E-state index < -0.39 is 0 Å². The zero-order valence-corrected chi connectivity index (χ0v) is 13.1. The Morgan fingerprint density at radius 2 is 1.82 bits per heavy atom. The van der Waals surface area contributed by atoms with Crippen molar-refractivity contribution in [1.82, 2.24) is 0 Å². The third-order valence-corrected chi connectivity index (χ3v) is 3.80. The van der Waals surface area contributed by atoms with E-state index in [1.807, 2.05) is 0 Å². The molecular weight excluding hydrogens is 325 g/mol. The van der Waals surface area contributed by atoms with Gasteiger partial charge in [-0.25, -0.2) is 0 Å². The smallest absolute Gasteiger partial charge is 0.255 e. The number of carbonyl (C=O) groups is 1. The molecule has 1 aliphatic heterocycles. The predicted molar refractivity (Wildman–Crippen MR) is 86.5 cm³/mol. The molecule has 0 unspecified atom stereocenters. The van der Waals surface area contributed by atoms with E-state index in [2.05, 4.69) is 5.32 Å². The van der Waals surface area contributed by atoms with E-state index >= 15 is 0 Å². The number of ether oxygens (including phenoxy) is 2. The number of rotatable bonds is 2. The minimum absolute atomic E-state index is 0.314. The SMILES string of the molecule is O=C(Nc1ccccc1Cl)c1cc(Cl)c2c(c1)OCCCO2. The van der Waals surface area contributed by atoms with Gasteiger partial charge in [0.25, 0.3) is 5.91 Å². The van der Waals surface area contributed by atoms with Crippen molar-refractivity contribution in [3.05, 3.63) is 52.0 Å². The van der Waals surface area contributed by atoms with Crippen molar-refractivity contribution >= 4 is 34.8 Å². The molecule has 6 heteroatoms. The monoisotopic (exact) mass is 337 g/mol. The third-order valence-electron chi connectivity index (χ3n) is 3.19. The molecule has 0 saturated heterocycles. The molecule has 1 N–H and O–H groups in total. The average Bonchev–Trinajstić information content (AvgIpc) is 2.75. The van der Waals surface area contributed by atoms with Crippen molar-refractivity contribution in [2.75, 3.05) is 18.5 Å². The quantitative estimate of drug-likeness (QED) is 0.882. The van der Waals surface area contributed by atoms with Gasteiger partial charge in [0.1, 0.15) is 0 Å². The predicted octanol–water partition coefficient (Wildman–Crippen LogP) is 4.41. The van der Waals surface area contributed by atoms with Gasteiger partial charge >= 0.3 is 0 Å². The summed E-state index contributed by atoms with van der Waals surface area (Å²) in [6.45, 7) is 1.07. The van der Waals surface area contributed by atoms with Crippen LogP contribution in [0.2, 0.25) is 10.0 Å². The lowest BCUT2D eigenvalue weighted by atomic mass is 10.1. The molecule has 1 aliphatic rings. The largest absolute Gasteiger partial charge is 0.489 e. The molecule has 0 bridgehead atoms. The molecule has 0 spiro atoms. The highest BCUT2D eigenvalue weighted by Crippen LogP contribution is 2.38. The molecule has 22 heavy (non-hydrogen) atoms. The Morgan fingerprint density at radius 3 is 2.64 bits per heavy atom. The molecule has 0 atom stereocenters. The Labute approximate surface area is 137 Å². The fourth-order valence-electron chi connectivity index (χ4n) is 2.12. The van der Waals surface area contributed by atoms with Crippen LogP contribution in [0.25, 0.3) is 0 Å². The van der Waals surface area contributed by atoms with Gasteiger partial charge in [-0.1, -0.05) is 35.3 Å². The molecule has 2 aromatic rings. The maximum Gasteiger partial charge on any atom is 0.255 e. The molecule has 1 heterocycles. The lowest BCUT2D eigenvalue weighted by Crippen LogP contribution is -2.12. The number of carbonyl (C=O) groups excluding carboxylic acids is 1. The van der Waals surface area contributed by atoms with Crippen LogP contribution in [-0.4, -0.2) is 19.1 Å². The standard InChI is InChI=1S/C16H13Cl2NO3/c17-11-4-1-2-5-13(11)19-16(20)10-8-12(18)15-14(9-10)21-6-3-7-22-15/h1-2,4-5,8-9H,3,6-7H2,(H,19,20). The van der Waals surface area contributed by atoms with E-state index in [0.717, 1.165) is 6.42 Å². The minimum atomic E-state index is -0.314. The van der Waals surface area contributed by atoms with Crippen LogP contribution in [-0.2, 0) is 0 Å². The number of amides is 1. The molecule has 2 aromatic carbocycles. The Morgan fingerprint density at radius 1 is 1.05 bits per heavy atom. The second-order valence-electron chi connectivity index (χ2n) is 4.77. The van der Waals surface area contributed by atoms with E-state index in [1.165, 1.54) is 0 Å². The zero-order valence-electron chi connectivity index (χ0n) is 11.6. The lowest BCUT2D eigenvalue weighted by molar-refractivity contribution is 0.102.